The summed E-state index contributed by atoms with van der Waals surface area (Å²) in [6.45, 7) is 0.421. The predicted octanol–water partition coefficient (Wildman–Crippen LogP) is 2.01. The number of amides is 2. The normalized spacial score (nSPS) is 10.3. The van der Waals surface area contributed by atoms with Crippen LogP contribution >= 0.6 is 15.9 Å². The monoisotopic (exact) mass is 365 g/mol. The highest BCUT2D eigenvalue weighted by atomic mass is 79.9. The molecule has 0 aliphatic rings. The van der Waals surface area contributed by atoms with Crippen molar-refractivity contribution in [2.45, 2.75) is 6.61 Å². The van der Waals surface area contributed by atoms with E-state index in [1.807, 2.05) is 6.07 Å². The molecule has 1 heterocycles. The van der Waals surface area contributed by atoms with Gasteiger partial charge < -0.3 is 9.30 Å². The maximum atomic E-state index is 12.0. The topological polar surface area (TPSA) is 72.4 Å². The number of nitrogens with zero attached hydrogens (tertiary/aromatic N) is 1. The van der Waals surface area contributed by atoms with Gasteiger partial charge in [-0.25, -0.2) is 0 Å². The van der Waals surface area contributed by atoms with Crippen molar-refractivity contribution < 1.29 is 14.3 Å². The number of hydrazine groups is 1. The van der Waals surface area contributed by atoms with Crippen molar-refractivity contribution >= 4 is 27.7 Å². The summed E-state index contributed by atoms with van der Waals surface area (Å²) in [5, 5.41) is 0. The minimum atomic E-state index is -0.394. The van der Waals surface area contributed by atoms with Gasteiger partial charge in [0.1, 0.15) is 5.69 Å². The highest BCUT2D eigenvalue weighted by Gasteiger charge is 2.13. The van der Waals surface area contributed by atoms with E-state index in [1.165, 1.54) is 0 Å². The summed E-state index contributed by atoms with van der Waals surface area (Å²) in [5.74, 6) is -0.783. The Morgan fingerprint density at radius 1 is 1.23 bits per heavy atom. The Bertz CT molecular complexity index is 697. The second-order valence-corrected chi connectivity index (χ2v) is 5.61. The first-order valence-electron chi connectivity index (χ1n) is 6.51. The lowest BCUT2D eigenvalue weighted by molar-refractivity contribution is 0.0842. The number of halogens is 1. The van der Waals surface area contributed by atoms with E-state index in [1.54, 1.807) is 49.2 Å². The van der Waals surface area contributed by atoms with Crippen molar-refractivity contribution in [1.82, 2.24) is 15.4 Å². The van der Waals surface area contributed by atoms with Gasteiger partial charge in [-0.15, -0.1) is 0 Å². The molecule has 0 unspecified atom stereocenters. The Morgan fingerprint density at radius 3 is 2.59 bits per heavy atom. The molecule has 2 aromatic rings. The number of methoxy groups -OCH3 is 1. The van der Waals surface area contributed by atoms with E-state index in [-0.39, 0.29) is 5.91 Å². The molecule has 7 heteroatoms. The summed E-state index contributed by atoms with van der Waals surface area (Å²) < 4.78 is 7.47. The second kappa shape index (κ2) is 7.24. The smallest absolute Gasteiger partial charge is 0.286 e. The Balaban J connectivity index is 1.99. The molecule has 2 rings (SSSR count). The van der Waals surface area contributed by atoms with Gasteiger partial charge in [0.15, 0.2) is 0 Å². The summed E-state index contributed by atoms with van der Waals surface area (Å²) in [6.07, 6.45) is 1.75. The number of aromatic nitrogens is 1. The highest BCUT2D eigenvalue weighted by molar-refractivity contribution is 9.10. The molecular weight excluding hydrogens is 350 g/mol. The van der Waals surface area contributed by atoms with Gasteiger partial charge in [-0.3, -0.25) is 20.4 Å². The van der Waals surface area contributed by atoms with E-state index >= 15 is 0 Å². The molecule has 1 aromatic heterocycles. The molecular formula is C15H16BrN3O3. The summed E-state index contributed by atoms with van der Waals surface area (Å²) >= 11 is 3.29. The first kappa shape index (κ1) is 16.3. The van der Waals surface area contributed by atoms with Crippen LogP contribution in [0.1, 0.15) is 26.4 Å². The van der Waals surface area contributed by atoms with Crippen molar-refractivity contribution in [3.8, 4) is 0 Å². The van der Waals surface area contributed by atoms with Crippen LogP contribution in [0.2, 0.25) is 0 Å². The molecule has 0 saturated carbocycles. The summed E-state index contributed by atoms with van der Waals surface area (Å²) in [5.41, 5.74) is 6.55. The van der Waals surface area contributed by atoms with Crippen LogP contribution in [-0.4, -0.2) is 23.5 Å². The zero-order chi connectivity index (χ0) is 16.1. The number of rotatable bonds is 4. The summed E-state index contributed by atoms with van der Waals surface area (Å²) in [4.78, 5) is 24.0. The minimum absolute atomic E-state index is 0.389. The zero-order valence-electron chi connectivity index (χ0n) is 12.2. The molecule has 0 spiro atoms. The fourth-order valence-electron chi connectivity index (χ4n) is 1.97. The van der Waals surface area contributed by atoms with Crippen molar-refractivity contribution in [1.29, 1.82) is 0 Å². The second-order valence-electron chi connectivity index (χ2n) is 4.70. The Kier molecular flexibility index (Phi) is 5.35. The molecule has 0 atom stereocenters. The van der Waals surface area contributed by atoms with E-state index in [0.29, 0.717) is 17.9 Å². The standard InChI is InChI=1S/C15H16BrN3O3/c1-19-8-12(16)7-13(19)15(21)18-17-14(20)11-5-3-4-10(6-11)9-22-2/h3-8H,9H2,1-2H3,(H,17,20)(H,18,21). The molecule has 0 fully saturated rings. The van der Waals surface area contributed by atoms with Crippen LogP contribution in [0.3, 0.4) is 0 Å². The number of ether oxygens (including phenoxy) is 1. The molecule has 1 aromatic carbocycles. The Hall–Kier alpha value is -2.12. The summed E-state index contributed by atoms with van der Waals surface area (Å²) in [6, 6.07) is 8.67. The maximum Gasteiger partial charge on any atom is 0.286 e. The minimum Gasteiger partial charge on any atom is -0.380 e. The van der Waals surface area contributed by atoms with Gasteiger partial charge in [0.05, 0.1) is 6.61 Å². The SMILES string of the molecule is COCc1cccc(C(=O)NNC(=O)c2cc(Br)cn2C)c1. The number of carbonyl (C=O) groups excluding carboxylic acids is 2. The van der Waals surface area contributed by atoms with Crippen LogP contribution < -0.4 is 10.9 Å². The molecule has 0 saturated heterocycles. The molecule has 116 valence electrons. The van der Waals surface area contributed by atoms with E-state index in [4.69, 9.17) is 4.74 Å². The van der Waals surface area contributed by atoms with Crippen molar-refractivity contribution in [3.63, 3.8) is 0 Å². The molecule has 6 nitrogen and oxygen atoms in total. The summed E-state index contributed by atoms with van der Waals surface area (Å²) in [7, 11) is 3.33. The molecule has 0 aliphatic carbocycles. The van der Waals surface area contributed by atoms with Gasteiger partial charge >= 0.3 is 0 Å². The lowest BCUT2D eigenvalue weighted by Crippen LogP contribution is -2.42. The predicted molar refractivity (Wildman–Crippen MR) is 85.2 cm³/mol. The number of nitrogens with one attached hydrogen (secondary N) is 2. The van der Waals surface area contributed by atoms with E-state index in [9.17, 15) is 9.59 Å². The quantitative estimate of drug-likeness (QED) is 0.814. The van der Waals surface area contributed by atoms with Crippen LogP contribution in [0, 0.1) is 0 Å². The fourth-order valence-corrected chi connectivity index (χ4v) is 2.49. The third-order valence-electron chi connectivity index (χ3n) is 2.99. The molecule has 22 heavy (non-hydrogen) atoms. The average molecular weight is 366 g/mol. The van der Waals surface area contributed by atoms with E-state index in [2.05, 4.69) is 26.8 Å². The third-order valence-corrected chi connectivity index (χ3v) is 3.43. The van der Waals surface area contributed by atoms with Gasteiger partial charge in [0.2, 0.25) is 0 Å². The molecule has 2 N–H and O–H groups in total. The van der Waals surface area contributed by atoms with Crippen molar-refractivity contribution in [3.05, 3.63) is 57.8 Å². The maximum absolute atomic E-state index is 12.0. The third kappa shape index (κ3) is 3.96. The Morgan fingerprint density at radius 2 is 1.95 bits per heavy atom. The number of benzene rings is 1. The van der Waals surface area contributed by atoms with Gasteiger partial charge in [-0.05, 0) is 39.7 Å². The molecule has 2 amide bonds. The first-order valence-corrected chi connectivity index (χ1v) is 7.31. The molecule has 0 aliphatic heterocycles. The largest absolute Gasteiger partial charge is 0.380 e. The van der Waals surface area contributed by atoms with Gasteiger partial charge in [-0.1, -0.05) is 12.1 Å². The van der Waals surface area contributed by atoms with Gasteiger partial charge in [0.25, 0.3) is 11.8 Å². The number of hydrogen-bond acceptors (Lipinski definition) is 3. The van der Waals surface area contributed by atoms with Gasteiger partial charge in [0, 0.05) is 30.4 Å². The molecule has 0 bridgehead atoms. The van der Waals surface area contributed by atoms with Gasteiger partial charge in [-0.2, -0.15) is 0 Å². The zero-order valence-corrected chi connectivity index (χ0v) is 13.8. The van der Waals surface area contributed by atoms with Crippen LogP contribution in [0.25, 0.3) is 0 Å². The van der Waals surface area contributed by atoms with Crippen molar-refractivity contribution in [2.75, 3.05) is 7.11 Å². The van der Waals surface area contributed by atoms with Crippen LogP contribution in [0.4, 0.5) is 0 Å². The molecule has 0 radical (unpaired) electrons. The number of carbonyl (C=O) groups is 2. The highest BCUT2D eigenvalue weighted by Crippen LogP contribution is 2.13. The van der Waals surface area contributed by atoms with E-state index < -0.39 is 5.91 Å². The first-order chi connectivity index (χ1) is 10.5. The Labute approximate surface area is 136 Å². The lowest BCUT2D eigenvalue weighted by atomic mass is 10.1. The number of hydrogen-bond donors (Lipinski definition) is 2. The van der Waals surface area contributed by atoms with Crippen LogP contribution in [0.5, 0.6) is 0 Å². The van der Waals surface area contributed by atoms with Crippen molar-refractivity contribution in [2.24, 2.45) is 7.05 Å². The average Bonchev–Trinajstić information content (AvgIpc) is 2.84. The van der Waals surface area contributed by atoms with Crippen LogP contribution in [-0.2, 0) is 18.4 Å². The van der Waals surface area contributed by atoms with Crippen LogP contribution in [0.15, 0.2) is 41.0 Å². The number of aryl methyl sites for hydroxylation is 1. The fraction of sp³-hybridized carbons (Fsp3) is 0.200. The van der Waals surface area contributed by atoms with E-state index in [0.717, 1.165) is 10.0 Å². The lowest BCUT2D eigenvalue weighted by Gasteiger charge is -2.09.